The quantitative estimate of drug-likeness (QED) is 0.366. The number of nitrogens with one attached hydrogen (secondary N) is 2. The summed E-state index contributed by atoms with van der Waals surface area (Å²) >= 11 is 0. The van der Waals surface area contributed by atoms with Gasteiger partial charge in [0, 0.05) is 6.42 Å². The van der Waals surface area contributed by atoms with Gasteiger partial charge in [0.1, 0.15) is 11.5 Å². The topological polar surface area (TPSA) is 90.3 Å². The molecule has 0 radical (unpaired) electrons. The number of carbonyl (C=O) groups excluding carboxylic acids is 1. The lowest BCUT2D eigenvalue weighted by molar-refractivity contribution is -0.116. The van der Waals surface area contributed by atoms with E-state index in [4.69, 9.17) is 9.47 Å². The van der Waals surface area contributed by atoms with Gasteiger partial charge >= 0.3 is 0 Å². The van der Waals surface area contributed by atoms with E-state index in [1.807, 2.05) is 71.4 Å². The SMILES string of the molecule is COc1ccc([C@H]2C[C@H](c3ccc(OC)cc3)Nc3nc(NC(=O)CCc4ccccc4)nn32)cc1. The van der Waals surface area contributed by atoms with Crippen LogP contribution in [-0.4, -0.2) is 34.9 Å². The maximum atomic E-state index is 12.6. The van der Waals surface area contributed by atoms with Gasteiger partial charge in [-0.1, -0.05) is 54.6 Å². The standard InChI is InChI=1S/C28H29N5O3/c1-35-22-13-9-20(10-14-22)24-18-25(21-11-15-23(36-2)16-12-21)33-28(29-24)31-27(32-33)30-26(34)17-8-19-6-4-3-5-7-19/h3-7,9-16,24-25H,8,17-18H2,1-2H3,(H2,29,30,31,32,34)/t24-,25-/m1/s1. The molecule has 2 atom stereocenters. The molecule has 8 heteroatoms. The van der Waals surface area contributed by atoms with Crippen molar-refractivity contribution in [2.75, 3.05) is 24.9 Å². The molecule has 0 aliphatic carbocycles. The molecule has 1 amide bonds. The Labute approximate surface area is 210 Å². The number of carbonyl (C=O) groups is 1. The number of anilines is 2. The van der Waals surface area contributed by atoms with E-state index in [2.05, 4.69) is 32.8 Å². The van der Waals surface area contributed by atoms with Gasteiger partial charge in [-0.15, -0.1) is 5.10 Å². The minimum atomic E-state index is -0.116. The fourth-order valence-electron chi connectivity index (χ4n) is 4.48. The lowest BCUT2D eigenvalue weighted by atomic mass is 9.93. The monoisotopic (exact) mass is 483 g/mol. The van der Waals surface area contributed by atoms with E-state index in [0.717, 1.165) is 34.6 Å². The first kappa shape index (κ1) is 23.4. The average Bonchev–Trinajstić information content (AvgIpc) is 3.34. The minimum Gasteiger partial charge on any atom is -0.497 e. The van der Waals surface area contributed by atoms with Crippen LogP contribution in [0.25, 0.3) is 0 Å². The minimum absolute atomic E-state index is 0.0151. The third-order valence-electron chi connectivity index (χ3n) is 6.44. The van der Waals surface area contributed by atoms with Gasteiger partial charge in [-0.05, 0) is 53.8 Å². The number of aryl methyl sites for hydroxylation is 1. The predicted molar refractivity (Wildman–Crippen MR) is 139 cm³/mol. The second-order valence-corrected chi connectivity index (χ2v) is 8.73. The summed E-state index contributed by atoms with van der Waals surface area (Å²) in [6, 6.07) is 25.9. The number of rotatable bonds is 8. The second kappa shape index (κ2) is 10.5. The van der Waals surface area contributed by atoms with Crippen LogP contribution in [0.3, 0.4) is 0 Å². The van der Waals surface area contributed by atoms with Crippen molar-refractivity contribution in [3.63, 3.8) is 0 Å². The Bertz CT molecular complexity index is 1300. The summed E-state index contributed by atoms with van der Waals surface area (Å²) in [5.74, 6) is 2.40. The van der Waals surface area contributed by atoms with Gasteiger partial charge in [-0.2, -0.15) is 4.98 Å². The second-order valence-electron chi connectivity index (χ2n) is 8.73. The van der Waals surface area contributed by atoms with Gasteiger partial charge < -0.3 is 14.8 Å². The van der Waals surface area contributed by atoms with Gasteiger partial charge in [-0.3, -0.25) is 10.1 Å². The summed E-state index contributed by atoms with van der Waals surface area (Å²) in [7, 11) is 3.31. The number of hydrogen-bond donors (Lipinski definition) is 2. The molecule has 5 rings (SSSR count). The lowest BCUT2D eigenvalue weighted by Gasteiger charge is -2.31. The number of aromatic nitrogens is 3. The van der Waals surface area contributed by atoms with Crippen LogP contribution in [0.4, 0.5) is 11.9 Å². The average molecular weight is 484 g/mol. The van der Waals surface area contributed by atoms with Gasteiger partial charge in [0.25, 0.3) is 5.95 Å². The molecule has 184 valence electrons. The Balaban J connectivity index is 1.38. The molecule has 4 aromatic rings. The van der Waals surface area contributed by atoms with E-state index >= 15 is 0 Å². The van der Waals surface area contributed by atoms with E-state index in [0.29, 0.717) is 24.7 Å². The van der Waals surface area contributed by atoms with Crippen LogP contribution in [-0.2, 0) is 11.2 Å². The van der Waals surface area contributed by atoms with E-state index < -0.39 is 0 Å². The summed E-state index contributed by atoms with van der Waals surface area (Å²) in [6.07, 6.45) is 1.78. The maximum Gasteiger partial charge on any atom is 0.250 e. The fourth-order valence-corrected chi connectivity index (χ4v) is 4.48. The van der Waals surface area contributed by atoms with Crippen molar-refractivity contribution in [1.82, 2.24) is 14.8 Å². The molecule has 0 spiro atoms. The Morgan fingerprint density at radius 2 is 1.58 bits per heavy atom. The molecule has 0 bridgehead atoms. The Morgan fingerprint density at radius 3 is 2.22 bits per heavy atom. The summed E-state index contributed by atoms with van der Waals surface area (Å²) in [4.78, 5) is 17.2. The van der Waals surface area contributed by atoms with Crippen molar-refractivity contribution in [2.24, 2.45) is 0 Å². The predicted octanol–water partition coefficient (Wildman–Crippen LogP) is 5.01. The third-order valence-corrected chi connectivity index (χ3v) is 6.44. The van der Waals surface area contributed by atoms with E-state index in [1.165, 1.54) is 0 Å². The first-order chi connectivity index (χ1) is 17.6. The largest absolute Gasteiger partial charge is 0.497 e. The molecule has 1 aliphatic heterocycles. The first-order valence-electron chi connectivity index (χ1n) is 12.0. The number of amides is 1. The number of methoxy groups -OCH3 is 2. The normalized spacial score (nSPS) is 16.5. The first-order valence-corrected chi connectivity index (χ1v) is 12.0. The molecule has 8 nitrogen and oxygen atoms in total. The smallest absolute Gasteiger partial charge is 0.250 e. The molecule has 2 heterocycles. The summed E-state index contributed by atoms with van der Waals surface area (Å²) in [5.41, 5.74) is 3.33. The van der Waals surface area contributed by atoms with Crippen molar-refractivity contribution in [3.05, 3.63) is 95.6 Å². The van der Waals surface area contributed by atoms with Crippen LogP contribution in [0.15, 0.2) is 78.9 Å². The molecule has 0 unspecified atom stereocenters. The van der Waals surface area contributed by atoms with Crippen molar-refractivity contribution in [2.45, 2.75) is 31.3 Å². The molecular weight excluding hydrogens is 454 g/mol. The fraction of sp³-hybridized carbons (Fsp3) is 0.250. The molecule has 36 heavy (non-hydrogen) atoms. The van der Waals surface area contributed by atoms with Crippen LogP contribution in [0.2, 0.25) is 0 Å². The van der Waals surface area contributed by atoms with Gasteiger partial charge in [0.05, 0.1) is 26.3 Å². The van der Waals surface area contributed by atoms with Crippen LogP contribution in [0, 0.1) is 0 Å². The van der Waals surface area contributed by atoms with Crippen LogP contribution in [0.1, 0.15) is 41.6 Å². The number of ether oxygens (including phenoxy) is 2. The maximum absolute atomic E-state index is 12.6. The number of hydrogen-bond acceptors (Lipinski definition) is 6. The molecule has 2 N–H and O–H groups in total. The molecule has 1 aromatic heterocycles. The van der Waals surface area contributed by atoms with Gasteiger partial charge in [0.2, 0.25) is 11.9 Å². The lowest BCUT2D eigenvalue weighted by Crippen LogP contribution is -2.28. The van der Waals surface area contributed by atoms with E-state index in [9.17, 15) is 4.79 Å². The van der Waals surface area contributed by atoms with Crippen LogP contribution in [0.5, 0.6) is 11.5 Å². The number of fused-ring (bicyclic) bond motifs is 1. The molecular formula is C28H29N5O3. The zero-order chi connectivity index (χ0) is 24.9. The van der Waals surface area contributed by atoms with Crippen LogP contribution >= 0.6 is 0 Å². The highest BCUT2D eigenvalue weighted by Crippen LogP contribution is 2.39. The molecule has 0 saturated heterocycles. The highest BCUT2D eigenvalue weighted by Gasteiger charge is 2.31. The zero-order valence-corrected chi connectivity index (χ0v) is 20.3. The van der Waals surface area contributed by atoms with Crippen molar-refractivity contribution >= 4 is 17.8 Å². The Kier molecular flexibility index (Phi) is 6.84. The van der Waals surface area contributed by atoms with Crippen LogP contribution < -0.4 is 20.1 Å². The third kappa shape index (κ3) is 5.17. The summed E-state index contributed by atoms with van der Waals surface area (Å²) in [6.45, 7) is 0. The van der Waals surface area contributed by atoms with E-state index in [-0.39, 0.29) is 18.0 Å². The Morgan fingerprint density at radius 1 is 0.944 bits per heavy atom. The van der Waals surface area contributed by atoms with Gasteiger partial charge in [-0.25, -0.2) is 4.68 Å². The van der Waals surface area contributed by atoms with Crippen molar-refractivity contribution in [3.8, 4) is 11.5 Å². The summed E-state index contributed by atoms with van der Waals surface area (Å²) in [5, 5.41) is 11.0. The zero-order valence-electron chi connectivity index (χ0n) is 20.3. The highest BCUT2D eigenvalue weighted by molar-refractivity contribution is 5.89. The number of benzene rings is 3. The Hall–Kier alpha value is -4.33. The molecule has 0 fully saturated rings. The van der Waals surface area contributed by atoms with Gasteiger partial charge in [0.15, 0.2) is 0 Å². The van der Waals surface area contributed by atoms with Crippen molar-refractivity contribution in [1.29, 1.82) is 0 Å². The molecule has 1 aliphatic rings. The summed E-state index contributed by atoms with van der Waals surface area (Å²) < 4.78 is 12.5. The molecule has 0 saturated carbocycles. The number of nitrogens with zero attached hydrogens (tertiary/aromatic N) is 3. The van der Waals surface area contributed by atoms with Crippen molar-refractivity contribution < 1.29 is 14.3 Å². The van der Waals surface area contributed by atoms with E-state index in [1.54, 1.807) is 14.2 Å². The molecule has 3 aromatic carbocycles. The highest BCUT2D eigenvalue weighted by atomic mass is 16.5.